The Bertz CT molecular complexity index is 3260. The van der Waals surface area contributed by atoms with Crippen LogP contribution in [0.4, 0.5) is 0 Å². The summed E-state index contributed by atoms with van der Waals surface area (Å²) in [6, 6.07) is 71.6. The summed E-state index contributed by atoms with van der Waals surface area (Å²) in [5.41, 5.74) is 15.3. The van der Waals surface area contributed by atoms with Crippen LogP contribution >= 0.6 is 11.8 Å². The van der Waals surface area contributed by atoms with E-state index in [1.54, 1.807) is 0 Å². The van der Waals surface area contributed by atoms with Crippen molar-refractivity contribution in [1.29, 1.82) is 0 Å². The molecule has 1 aliphatic carbocycles. The highest BCUT2D eigenvalue weighted by atomic mass is 32.2. The number of nitrogens with zero attached hydrogens (tertiary/aromatic N) is 4. The number of aromatic nitrogens is 4. The lowest BCUT2D eigenvalue weighted by molar-refractivity contribution is 0.722. The zero-order valence-corrected chi connectivity index (χ0v) is 33.1. The number of benzene rings is 8. The van der Waals surface area contributed by atoms with Gasteiger partial charge in [0.15, 0.2) is 17.5 Å². The molecule has 280 valence electrons. The van der Waals surface area contributed by atoms with Crippen LogP contribution in [0.15, 0.2) is 216 Å². The van der Waals surface area contributed by atoms with Gasteiger partial charge < -0.3 is 0 Å². The molecule has 0 saturated heterocycles. The third-order valence-electron chi connectivity index (χ3n) is 12.0. The quantitative estimate of drug-likeness (QED) is 0.174. The van der Waals surface area contributed by atoms with E-state index < -0.39 is 5.41 Å². The topological polar surface area (TPSA) is 51.6 Å². The molecule has 8 aromatic carbocycles. The maximum absolute atomic E-state index is 5.28. The Hall–Kier alpha value is -7.47. The summed E-state index contributed by atoms with van der Waals surface area (Å²) in [4.78, 5) is 22.8. The van der Waals surface area contributed by atoms with Crippen molar-refractivity contribution in [2.75, 3.05) is 0 Å². The van der Waals surface area contributed by atoms with Gasteiger partial charge in [-0.25, -0.2) is 15.0 Å². The number of hydrogen-bond donors (Lipinski definition) is 0. The molecule has 60 heavy (non-hydrogen) atoms. The van der Waals surface area contributed by atoms with E-state index in [0.29, 0.717) is 17.5 Å². The normalized spacial score (nSPS) is 13.1. The molecule has 10 aromatic rings. The number of pyridine rings is 1. The summed E-state index contributed by atoms with van der Waals surface area (Å²) in [6.45, 7) is 0. The molecule has 0 radical (unpaired) electrons. The highest BCUT2D eigenvalue weighted by Gasteiger charge is 2.50. The molecule has 0 saturated carbocycles. The fourth-order valence-corrected chi connectivity index (χ4v) is 10.5. The van der Waals surface area contributed by atoms with Crippen LogP contribution in [0.3, 0.4) is 0 Å². The van der Waals surface area contributed by atoms with E-state index in [2.05, 4.69) is 170 Å². The fraction of sp³-hybridized carbons (Fsp3) is 0.0182. The molecule has 4 nitrogen and oxygen atoms in total. The van der Waals surface area contributed by atoms with Crippen molar-refractivity contribution in [2.45, 2.75) is 15.2 Å². The summed E-state index contributed by atoms with van der Waals surface area (Å²) in [5, 5.41) is 1.13. The van der Waals surface area contributed by atoms with Gasteiger partial charge in [-0.15, -0.1) is 0 Å². The van der Waals surface area contributed by atoms with Crippen LogP contribution in [0, 0.1) is 0 Å². The van der Waals surface area contributed by atoms with Gasteiger partial charge >= 0.3 is 0 Å². The summed E-state index contributed by atoms with van der Waals surface area (Å²) >= 11 is 1.85. The summed E-state index contributed by atoms with van der Waals surface area (Å²) in [7, 11) is 0. The second-order valence-corrected chi connectivity index (χ2v) is 16.5. The molecule has 0 amide bonds. The predicted octanol–water partition coefficient (Wildman–Crippen LogP) is 13.6. The first-order valence-electron chi connectivity index (χ1n) is 20.2. The molecular formula is C55H34N4S. The summed E-state index contributed by atoms with van der Waals surface area (Å²) < 4.78 is 0. The maximum atomic E-state index is 5.28. The second kappa shape index (κ2) is 13.8. The second-order valence-electron chi connectivity index (χ2n) is 15.4. The van der Waals surface area contributed by atoms with Crippen molar-refractivity contribution in [1.82, 2.24) is 19.9 Å². The van der Waals surface area contributed by atoms with Gasteiger partial charge in [-0.3, -0.25) is 4.98 Å². The van der Waals surface area contributed by atoms with Gasteiger partial charge in [0.05, 0.1) is 10.9 Å². The third-order valence-corrected chi connectivity index (χ3v) is 13.2. The maximum Gasteiger partial charge on any atom is 0.164 e. The number of rotatable bonds is 5. The van der Waals surface area contributed by atoms with Crippen molar-refractivity contribution in [3.63, 3.8) is 0 Å². The minimum Gasteiger partial charge on any atom is -0.256 e. The van der Waals surface area contributed by atoms with Crippen molar-refractivity contribution in [2.24, 2.45) is 0 Å². The van der Waals surface area contributed by atoms with E-state index >= 15 is 0 Å². The van der Waals surface area contributed by atoms with Crippen LogP contribution in [0.5, 0.6) is 0 Å². The van der Waals surface area contributed by atoms with E-state index in [4.69, 9.17) is 19.9 Å². The zero-order chi connectivity index (χ0) is 39.6. The largest absolute Gasteiger partial charge is 0.256 e. The minimum atomic E-state index is -0.591. The first-order valence-corrected chi connectivity index (χ1v) is 21.0. The molecule has 2 aliphatic rings. The van der Waals surface area contributed by atoms with E-state index in [0.717, 1.165) is 49.8 Å². The van der Waals surface area contributed by atoms with Gasteiger partial charge in [0.2, 0.25) is 0 Å². The van der Waals surface area contributed by atoms with E-state index in [9.17, 15) is 0 Å². The molecule has 5 heteroatoms. The van der Waals surface area contributed by atoms with Crippen molar-refractivity contribution in [3.8, 4) is 67.5 Å². The van der Waals surface area contributed by atoms with Crippen LogP contribution < -0.4 is 0 Å². The molecule has 0 atom stereocenters. The first kappa shape index (κ1) is 34.6. The third kappa shape index (κ3) is 5.47. The lowest BCUT2D eigenvalue weighted by Gasteiger charge is -2.39. The Labute approximate surface area is 352 Å². The standard InChI is InChI=1S/C55H34N4S/c1-3-13-35(14-4-1)38-17-11-18-41(31-38)53-57-52(37-15-5-2-6-16-37)58-54(59-53)42-27-29-44-43-28-26-39(40-25-24-36-19-12-30-56-49(36)34-40)32-47(43)55(48(44)33-42)45-20-7-9-22-50(45)60-51-23-10-8-21-46(51)55/h1-34H. The van der Waals surface area contributed by atoms with Crippen LogP contribution in [0.1, 0.15) is 22.3 Å². The van der Waals surface area contributed by atoms with Crippen molar-refractivity contribution in [3.05, 3.63) is 229 Å². The SMILES string of the molecule is c1ccc(-c2cccc(-c3nc(-c4ccccc4)nc(-c4ccc5c(c4)C4(c6ccccc6Sc6ccccc64)c4cc(-c6ccc7cccnc7c6)ccc4-5)n3)c2)cc1. The Morgan fingerprint density at radius 1 is 0.333 bits per heavy atom. The Morgan fingerprint density at radius 3 is 1.53 bits per heavy atom. The highest BCUT2D eigenvalue weighted by molar-refractivity contribution is 7.99. The molecule has 1 spiro atoms. The van der Waals surface area contributed by atoms with Gasteiger partial charge in [0.25, 0.3) is 0 Å². The summed E-state index contributed by atoms with van der Waals surface area (Å²) in [6.07, 6.45) is 1.87. The highest BCUT2D eigenvalue weighted by Crippen LogP contribution is 2.63. The zero-order valence-electron chi connectivity index (χ0n) is 32.3. The van der Waals surface area contributed by atoms with Crippen LogP contribution in [-0.4, -0.2) is 19.9 Å². The van der Waals surface area contributed by atoms with Gasteiger partial charge in [-0.2, -0.15) is 0 Å². The van der Waals surface area contributed by atoms with E-state index in [1.807, 2.05) is 48.3 Å². The lowest BCUT2D eigenvalue weighted by Crippen LogP contribution is -2.32. The van der Waals surface area contributed by atoms with Gasteiger partial charge in [-0.1, -0.05) is 169 Å². The van der Waals surface area contributed by atoms with Gasteiger partial charge in [-0.05, 0) is 98.1 Å². The molecule has 1 aliphatic heterocycles. The molecule has 0 fully saturated rings. The Morgan fingerprint density at radius 2 is 0.833 bits per heavy atom. The molecule has 0 N–H and O–H groups in total. The molecule has 0 bridgehead atoms. The van der Waals surface area contributed by atoms with E-state index in [-0.39, 0.29) is 0 Å². The lowest BCUT2D eigenvalue weighted by atomic mass is 9.67. The average molecular weight is 783 g/mol. The number of hydrogen-bond acceptors (Lipinski definition) is 5. The van der Waals surface area contributed by atoms with Crippen LogP contribution in [0.25, 0.3) is 78.4 Å². The first-order chi connectivity index (χ1) is 29.7. The monoisotopic (exact) mass is 782 g/mol. The van der Waals surface area contributed by atoms with Crippen molar-refractivity contribution >= 4 is 22.7 Å². The van der Waals surface area contributed by atoms with Crippen LogP contribution in [0.2, 0.25) is 0 Å². The average Bonchev–Trinajstić information content (AvgIpc) is 3.61. The molecule has 0 unspecified atom stereocenters. The smallest absolute Gasteiger partial charge is 0.164 e. The van der Waals surface area contributed by atoms with E-state index in [1.165, 1.54) is 43.2 Å². The predicted molar refractivity (Wildman–Crippen MR) is 244 cm³/mol. The minimum absolute atomic E-state index is 0.591. The van der Waals surface area contributed by atoms with Crippen LogP contribution in [-0.2, 0) is 5.41 Å². The molecule has 3 heterocycles. The summed E-state index contributed by atoms with van der Waals surface area (Å²) in [5.74, 6) is 1.90. The Kier molecular flexibility index (Phi) is 7.97. The molecular weight excluding hydrogens is 749 g/mol. The van der Waals surface area contributed by atoms with Gasteiger partial charge in [0.1, 0.15) is 0 Å². The van der Waals surface area contributed by atoms with Gasteiger partial charge in [0, 0.05) is 38.1 Å². The fourth-order valence-electron chi connectivity index (χ4n) is 9.28. The Balaban J connectivity index is 1.09. The molecule has 12 rings (SSSR count). The number of fused-ring (bicyclic) bond motifs is 10. The van der Waals surface area contributed by atoms with Crippen molar-refractivity contribution < 1.29 is 0 Å². The molecule has 2 aromatic heterocycles.